The van der Waals surface area contributed by atoms with Crippen molar-refractivity contribution < 1.29 is 9.59 Å². The largest absolute Gasteiger partial charge is 0.323 e. The second-order valence-electron chi connectivity index (χ2n) is 7.61. The van der Waals surface area contributed by atoms with Crippen molar-refractivity contribution in [3.8, 4) is 0 Å². The number of nitrogens with zero attached hydrogens (tertiary/aromatic N) is 2. The number of aryl methyl sites for hydroxylation is 1. The zero-order valence-electron chi connectivity index (χ0n) is 15.5. The van der Waals surface area contributed by atoms with E-state index in [1.54, 1.807) is 6.20 Å². The fraction of sp³-hybridized carbons (Fsp3) is 0.261. The third-order valence-corrected chi connectivity index (χ3v) is 5.83. The minimum Gasteiger partial charge on any atom is -0.323 e. The van der Waals surface area contributed by atoms with Gasteiger partial charge in [0.1, 0.15) is 5.41 Å². The normalized spacial score (nSPS) is 17.1. The van der Waals surface area contributed by atoms with E-state index in [1.807, 2.05) is 53.4 Å². The first kappa shape index (κ1) is 16.9. The Balaban J connectivity index is 1.43. The van der Waals surface area contributed by atoms with E-state index in [9.17, 15) is 9.59 Å². The first-order valence-electron chi connectivity index (χ1n) is 9.74. The summed E-state index contributed by atoms with van der Waals surface area (Å²) < 4.78 is 0. The molecule has 1 aliphatic carbocycles. The zero-order valence-corrected chi connectivity index (χ0v) is 15.5. The Kier molecular flexibility index (Phi) is 3.90. The van der Waals surface area contributed by atoms with Crippen molar-refractivity contribution in [2.24, 2.45) is 5.41 Å². The quantitative estimate of drug-likeness (QED) is 0.710. The molecular weight excluding hydrogens is 350 g/mol. The fourth-order valence-electron chi connectivity index (χ4n) is 4.11. The molecule has 2 aliphatic rings. The molecule has 5 nitrogen and oxygen atoms in total. The lowest BCUT2D eigenvalue weighted by Gasteiger charge is -2.32. The fourth-order valence-corrected chi connectivity index (χ4v) is 4.11. The molecule has 3 aromatic rings. The van der Waals surface area contributed by atoms with Crippen LogP contribution in [-0.4, -0.2) is 23.3 Å². The van der Waals surface area contributed by atoms with Crippen LogP contribution < -0.4 is 10.2 Å². The van der Waals surface area contributed by atoms with Crippen molar-refractivity contribution >= 4 is 34.1 Å². The molecule has 0 unspecified atom stereocenters. The number of para-hydroxylation sites is 2. The number of pyridine rings is 1. The minimum atomic E-state index is -0.957. The summed E-state index contributed by atoms with van der Waals surface area (Å²) in [5.74, 6) is -0.302. The SMILES string of the molecule is O=C(Nc1cccc2cccnc12)C1(C(=O)N2CCCc3ccccc32)CC1. The molecule has 0 radical (unpaired) electrons. The van der Waals surface area contributed by atoms with E-state index in [0.29, 0.717) is 25.1 Å². The molecule has 1 aromatic heterocycles. The predicted octanol–water partition coefficient (Wildman–Crippen LogP) is 3.93. The average Bonchev–Trinajstić information content (AvgIpc) is 3.55. The van der Waals surface area contributed by atoms with Gasteiger partial charge in [0.2, 0.25) is 11.8 Å². The molecule has 0 bridgehead atoms. The molecule has 0 atom stereocenters. The molecule has 1 N–H and O–H groups in total. The lowest BCUT2D eigenvalue weighted by Crippen LogP contribution is -2.45. The Morgan fingerprint density at radius 1 is 1.00 bits per heavy atom. The van der Waals surface area contributed by atoms with Crippen LogP contribution in [0.25, 0.3) is 10.9 Å². The second kappa shape index (κ2) is 6.44. The molecule has 2 amide bonds. The molecule has 5 rings (SSSR count). The summed E-state index contributed by atoms with van der Waals surface area (Å²) in [6.07, 6.45) is 4.79. The summed E-state index contributed by atoms with van der Waals surface area (Å²) in [5.41, 5.74) is 2.56. The third kappa shape index (κ3) is 2.66. The molecule has 1 fully saturated rings. The second-order valence-corrected chi connectivity index (χ2v) is 7.61. The van der Waals surface area contributed by atoms with Gasteiger partial charge >= 0.3 is 0 Å². The van der Waals surface area contributed by atoms with Gasteiger partial charge in [0.15, 0.2) is 0 Å². The Labute approximate surface area is 163 Å². The highest BCUT2D eigenvalue weighted by Gasteiger charge is 2.58. The number of aromatic nitrogens is 1. The topological polar surface area (TPSA) is 62.3 Å². The smallest absolute Gasteiger partial charge is 0.242 e. The van der Waals surface area contributed by atoms with E-state index in [0.717, 1.165) is 29.4 Å². The number of hydrogen-bond acceptors (Lipinski definition) is 3. The molecule has 0 spiro atoms. The number of carbonyl (C=O) groups excluding carboxylic acids is 2. The first-order chi connectivity index (χ1) is 13.7. The van der Waals surface area contributed by atoms with Crippen LogP contribution in [0.4, 0.5) is 11.4 Å². The number of anilines is 2. The minimum absolute atomic E-state index is 0.0784. The predicted molar refractivity (Wildman–Crippen MR) is 109 cm³/mol. The lowest BCUT2D eigenvalue weighted by atomic mass is 9.97. The molecule has 1 aliphatic heterocycles. The molecule has 0 saturated heterocycles. The van der Waals surface area contributed by atoms with Crippen LogP contribution in [-0.2, 0) is 16.0 Å². The Morgan fingerprint density at radius 2 is 1.82 bits per heavy atom. The van der Waals surface area contributed by atoms with Gasteiger partial charge in [-0.15, -0.1) is 0 Å². The Morgan fingerprint density at radius 3 is 2.68 bits per heavy atom. The highest BCUT2D eigenvalue weighted by Crippen LogP contribution is 2.49. The van der Waals surface area contributed by atoms with Gasteiger partial charge in [-0.2, -0.15) is 0 Å². The first-order valence-corrected chi connectivity index (χ1v) is 9.74. The van der Waals surface area contributed by atoms with Gasteiger partial charge in [-0.05, 0) is 49.4 Å². The van der Waals surface area contributed by atoms with Crippen LogP contribution >= 0.6 is 0 Å². The van der Waals surface area contributed by atoms with Gasteiger partial charge in [-0.25, -0.2) is 0 Å². The van der Waals surface area contributed by atoms with Crippen molar-refractivity contribution in [1.29, 1.82) is 0 Å². The van der Waals surface area contributed by atoms with E-state index in [2.05, 4.69) is 16.4 Å². The Bertz CT molecular complexity index is 1080. The number of amides is 2. The van der Waals surface area contributed by atoms with E-state index in [4.69, 9.17) is 0 Å². The number of hydrogen-bond donors (Lipinski definition) is 1. The Hall–Kier alpha value is -3.21. The van der Waals surface area contributed by atoms with Gasteiger partial charge < -0.3 is 10.2 Å². The molecule has 5 heteroatoms. The summed E-state index contributed by atoms with van der Waals surface area (Å²) in [5, 5.41) is 3.94. The number of rotatable bonds is 3. The van der Waals surface area contributed by atoms with E-state index in [-0.39, 0.29) is 11.8 Å². The van der Waals surface area contributed by atoms with Crippen LogP contribution in [0.15, 0.2) is 60.8 Å². The van der Waals surface area contributed by atoms with Gasteiger partial charge in [-0.3, -0.25) is 14.6 Å². The monoisotopic (exact) mass is 371 g/mol. The summed E-state index contributed by atoms with van der Waals surface area (Å²) in [6.45, 7) is 0.667. The lowest BCUT2D eigenvalue weighted by molar-refractivity contribution is -0.132. The molecule has 2 heterocycles. The van der Waals surface area contributed by atoms with Gasteiger partial charge in [-0.1, -0.05) is 36.4 Å². The van der Waals surface area contributed by atoms with Crippen molar-refractivity contribution in [1.82, 2.24) is 4.98 Å². The number of fused-ring (bicyclic) bond motifs is 2. The maximum atomic E-state index is 13.4. The van der Waals surface area contributed by atoms with E-state index >= 15 is 0 Å². The van der Waals surface area contributed by atoms with Crippen LogP contribution in [0.5, 0.6) is 0 Å². The highest BCUT2D eigenvalue weighted by molar-refractivity contribution is 6.19. The summed E-state index contributed by atoms with van der Waals surface area (Å²) in [6, 6.07) is 17.5. The number of nitrogens with one attached hydrogen (secondary N) is 1. The van der Waals surface area contributed by atoms with Crippen molar-refractivity contribution in [3.05, 3.63) is 66.4 Å². The van der Waals surface area contributed by atoms with Crippen LogP contribution in [0, 0.1) is 5.41 Å². The molecule has 140 valence electrons. The third-order valence-electron chi connectivity index (χ3n) is 5.83. The zero-order chi connectivity index (χ0) is 19.1. The maximum absolute atomic E-state index is 13.4. The van der Waals surface area contributed by atoms with Crippen LogP contribution in [0.3, 0.4) is 0 Å². The van der Waals surface area contributed by atoms with E-state index in [1.165, 1.54) is 5.56 Å². The van der Waals surface area contributed by atoms with Gasteiger partial charge in [0, 0.05) is 23.8 Å². The summed E-state index contributed by atoms with van der Waals surface area (Å²) >= 11 is 0. The standard InChI is InChI=1S/C23H21N3O2/c27-21(25-18-10-3-7-17-8-4-14-24-20(17)18)23(12-13-23)22(28)26-15-5-9-16-6-1-2-11-19(16)26/h1-4,6-8,10-11,14H,5,9,12-13,15H2,(H,25,27). The van der Waals surface area contributed by atoms with Crippen LogP contribution in [0.2, 0.25) is 0 Å². The molecule has 28 heavy (non-hydrogen) atoms. The molecule has 1 saturated carbocycles. The van der Waals surface area contributed by atoms with Crippen LogP contribution in [0.1, 0.15) is 24.8 Å². The average molecular weight is 371 g/mol. The van der Waals surface area contributed by atoms with E-state index < -0.39 is 5.41 Å². The highest BCUT2D eigenvalue weighted by atomic mass is 16.2. The number of carbonyl (C=O) groups is 2. The van der Waals surface area contributed by atoms with Gasteiger partial charge in [0.05, 0.1) is 11.2 Å². The van der Waals surface area contributed by atoms with Gasteiger partial charge in [0.25, 0.3) is 0 Å². The molecular formula is C23H21N3O2. The summed E-state index contributed by atoms with van der Waals surface area (Å²) in [4.78, 5) is 32.7. The van der Waals surface area contributed by atoms with Crippen molar-refractivity contribution in [3.63, 3.8) is 0 Å². The molecule has 2 aromatic carbocycles. The van der Waals surface area contributed by atoms with Crippen molar-refractivity contribution in [2.75, 3.05) is 16.8 Å². The maximum Gasteiger partial charge on any atom is 0.242 e. The summed E-state index contributed by atoms with van der Waals surface area (Å²) in [7, 11) is 0. The number of benzene rings is 2. The van der Waals surface area contributed by atoms with Crippen molar-refractivity contribution in [2.45, 2.75) is 25.7 Å².